The van der Waals surface area contributed by atoms with Crippen LogP contribution >= 0.6 is 0 Å². The molecule has 0 saturated carbocycles. The second-order valence-corrected chi connectivity index (χ2v) is 4.41. The maximum atomic E-state index is 5.92. The first-order valence-corrected chi connectivity index (χ1v) is 6.70. The van der Waals surface area contributed by atoms with E-state index < -0.39 is 0 Å². The lowest BCUT2D eigenvalue weighted by molar-refractivity contribution is 0.341. The van der Waals surface area contributed by atoms with Crippen molar-refractivity contribution >= 4 is 5.88 Å². The van der Waals surface area contributed by atoms with Crippen molar-refractivity contribution < 1.29 is 9.26 Å². The lowest BCUT2D eigenvalue weighted by Crippen LogP contribution is -1.95. The molecule has 0 unspecified atom stereocenters. The molecule has 0 atom stereocenters. The highest BCUT2D eigenvalue weighted by atomic mass is 16.5. The molecule has 0 bridgehead atoms. The Kier molecular flexibility index (Phi) is 3.55. The van der Waals surface area contributed by atoms with Crippen LogP contribution in [0.15, 0.2) is 53.2 Å². The monoisotopic (exact) mass is 281 g/mol. The zero-order valence-corrected chi connectivity index (χ0v) is 11.6. The summed E-state index contributed by atoms with van der Waals surface area (Å²) in [6.45, 7) is 2.51. The standard InChI is InChI=1S/C16H15N3O2/c1-2-20-13-9-4-3-7-11(13)15-14(16(17)21-19-15)12-8-5-6-10-18-12/h3-10H,2,17H2,1H3. The van der Waals surface area contributed by atoms with E-state index in [-0.39, 0.29) is 5.88 Å². The third kappa shape index (κ3) is 2.45. The van der Waals surface area contributed by atoms with Gasteiger partial charge in [-0.05, 0) is 31.2 Å². The van der Waals surface area contributed by atoms with Gasteiger partial charge in [-0.2, -0.15) is 0 Å². The molecule has 1 aromatic carbocycles. The zero-order valence-electron chi connectivity index (χ0n) is 11.6. The molecule has 3 rings (SSSR count). The predicted octanol–water partition coefficient (Wildman–Crippen LogP) is 3.38. The van der Waals surface area contributed by atoms with Crippen LogP contribution in [0.25, 0.3) is 22.5 Å². The fourth-order valence-corrected chi connectivity index (χ4v) is 2.19. The van der Waals surface area contributed by atoms with E-state index in [1.807, 2.05) is 49.4 Å². The van der Waals surface area contributed by atoms with Gasteiger partial charge < -0.3 is 15.0 Å². The number of aromatic nitrogens is 2. The minimum Gasteiger partial charge on any atom is -0.493 e. The van der Waals surface area contributed by atoms with E-state index in [1.165, 1.54) is 0 Å². The van der Waals surface area contributed by atoms with Crippen LogP contribution in [0.3, 0.4) is 0 Å². The normalized spacial score (nSPS) is 10.5. The number of para-hydroxylation sites is 1. The zero-order chi connectivity index (χ0) is 14.7. The van der Waals surface area contributed by atoms with Crippen LogP contribution in [0, 0.1) is 0 Å². The first-order chi connectivity index (χ1) is 10.3. The van der Waals surface area contributed by atoms with Gasteiger partial charge in [0.2, 0.25) is 5.88 Å². The third-order valence-electron chi connectivity index (χ3n) is 3.08. The first-order valence-electron chi connectivity index (χ1n) is 6.70. The van der Waals surface area contributed by atoms with E-state index in [1.54, 1.807) is 6.20 Å². The molecular formula is C16H15N3O2. The lowest BCUT2D eigenvalue weighted by atomic mass is 10.0. The maximum absolute atomic E-state index is 5.92. The summed E-state index contributed by atoms with van der Waals surface area (Å²) >= 11 is 0. The molecule has 21 heavy (non-hydrogen) atoms. The molecule has 106 valence electrons. The number of nitrogen functional groups attached to an aromatic ring is 1. The van der Waals surface area contributed by atoms with Crippen molar-refractivity contribution in [3.63, 3.8) is 0 Å². The fourth-order valence-electron chi connectivity index (χ4n) is 2.19. The molecule has 0 fully saturated rings. The minimum absolute atomic E-state index is 0.245. The van der Waals surface area contributed by atoms with Crippen LogP contribution in [-0.4, -0.2) is 16.7 Å². The van der Waals surface area contributed by atoms with E-state index >= 15 is 0 Å². The molecule has 3 aromatic rings. The molecule has 2 aromatic heterocycles. The number of hydrogen-bond donors (Lipinski definition) is 1. The molecule has 0 aliphatic rings. The number of benzene rings is 1. The lowest BCUT2D eigenvalue weighted by Gasteiger charge is -2.08. The molecule has 0 aliphatic heterocycles. The maximum Gasteiger partial charge on any atom is 0.232 e. The average Bonchev–Trinajstić information content (AvgIpc) is 2.91. The number of anilines is 1. The van der Waals surface area contributed by atoms with Gasteiger partial charge in [0, 0.05) is 11.8 Å². The molecule has 0 radical (unpaired) electrons. The van der Waals surface area contributed by atoms with Crippen LogP contribution in [0.5, 0.6) is 5.75 Å². The van der Waals surface area contributed by atoms with Gasteiger partial charge in [0.1, 0.15) is 11.4 Å². The summed E-state index contributed by atoms with van der Waals surface area (Å²) in [5, 5.41) is 4.09. The molecule has 0 spiro atoms. The fraction of sp³-hybridized carbons (Fsp3) is 0.125. The Morgan fingerprint density at radius 1 is 1.14 bits per heavy atom. The number of hydrogen-bond acceptors (Lipinski definition) is 5. The number of rotatable bonds is 4. The van der Waals surface area contributed by atoms with Gasteiger partial charge in [0.05, 0.1) is 17.9 Å². The molecule has 2 heterocycles. The van der Waals surface area contributed by atoms with E-state index in [0.717, 1.165) is 17.0 Å². The van der Waals surface area contributed by atoms with E-state index in [4.69, 9.17) is 15.0 Å². The van der Waals surface area contributed by atoms with Gasteiger partial charge in [-0.25, -0.2) is 0 Å². The number of ether oxygens (including phenoxy) is 1. The summed E-state index contributed by atoms with van der Waals surface area (Å²) in [7, 11) is 0. The summed E-state index contributed by atoms with van der Waals surface area (Å²) in [6, 6.07) is 13.3. The number of nitrogens with two attached hydrogens (primary N) is 1. The predicted molar refractivity (Wildman–Crippen MR) is 80.8 cm³/mol. The Hall–Kier alpha value is -2.82. The third-order valence-corrected chi connectivity index (χ3v) is 3.08. The van der Waals surface area contributed by atoms with Gasteiger partial charge in [-0.1, -0.05) is 23.4 Å². The van der Waals surface area contributed by atoms with Crippen molar-refractivity contribution in [1.82, 2.24) is 10.1 Å². The van der Waals surface area contributed by atoms with Gasteiger partial charge in [0.15, 0.2) is 0 Å². The van der Waals surface area contributed by atoms with Crippen LogP contribution < -0.4 is 10.5 Å². The minimum atomic E-state index is 0.245. The van der Waals surface area contributed by atoms with Crippen molar-refractivity contribution in [1.29, 1.82) is 0 Å². The molecule has 5 nitrogen and oxygen atoms in total. The van der Waals surface area contributed by atoms with Crippen LogP contribution in [0.4, 0.5) is 5.88 Å². The van der Waals surface area contributed by atoms with E-state index in [2.05, 4.69) is 10.1 Å². The van der Waals surface area contributed by atoms with Gasteiger partial charge in [0.25, 0.3) is 0 Å². The molecular weight excluding hydrogens is 266 g/mol. The quantitative estimate of drug-likeness (QED) is 0.793. The van der Waals surface area contributed by atoms with E-state index in [0.29, 0.717) is 17.9 Å². The summed E-state index contributed by atoms with van der Waals surface area (Å²) in [5.74, 6) is 0.987. The summed E-state index contributed by atoms with van der Waals surface area (Å²) in [4.78, 5) is 4.32. The Labute approximate surface area is 122 Å². The van der Waals surface area contributed by atoms with Crippen molar-refractivity contribution in [2.24, 2.45) is 0 Å². The highest BCUT2D eigenvalue weighted by Crippen LogP contribution is 2.38. The average molecular weight is 281 g/mol. The molecule has 0 amide bonds. The molecule has 5 heteroatoms. The molecule has 0 aliphatic carbocycles. The van der Waals surface area contributed by atoms with Crippen LogP contribution in [-0.2, 0) is 0 Å². The highest BCUT2D eigenvalue weighted by Gasteiger charge is 2.20. The summed E-state index contributed by atoms with van der Waals surface area (Å²) < 4.78 is 10.8. The molecule has 0 saturated heterocycles. The second kappa shape index (κ2) is 5.66. The van der Waals surface area contributed by atoms with Crippen molar-refractivity contribution in [2.75, 3.05) is 12.3 Å². The van der Waals surface area contributed by atoms with Crippen molar-refractivity contribution in [2.45, 2.75) is 6.92 Å². The Morgan fingerprint density at radius 3 is 2.71 bits per heavy atom. The van der Waals surface area contributed by atoms with Crippen molar-refractivity contribution in [3.05, 3.63) is 48.7 Å². The Bertz CT molecular complexity index is 738. The summed E-state index contributed by atoms with van der Waals surface area (Å²) in [6.07, 6.45) is 1.71. The number of pyridine rings is 1. The molecule has 2 N–H and O–H groups in total. The van der Waals surface area contributed by atoms with Gasteiger partial charge >= 0.3 is 0 Å². The van der Waals surface area contributed by atoms with Gasteiger partial charge in [-0.15, -0.1) is 0 Å². The van der Waals surface area contributed by atoms with Gasteiger partial charge in [-0.3, -0.25) is 4.98 Å². The second-order valence-electron chi connectivity index (χ2n) is 4.41. The van der Waals surface area contributed by atoms with Crippen LogP contribution in [0.1, 0.15) is 6.92 Å². The SMILES string of the molecule is CCOc1ccccc1-c1noc(N)c1-c1ccccn1. The van der Waals surface area contributed by atoms with E-state index in [9.17, 15) is 0 Å². The Morgan fingerprint density at radius 2 is 1.95 bits per heavy atom. The van der Waals surface area contributed by atoms with Crippen LogP contribution in [0.2, 0.25) is 0 Å². The smallest absolute Gasteiger partial charge is 0.232 e. The highest BCUT2D eigenvalue weighted by molar-refractivity contribution is 5.87. The topological polar surface area (TPSA) is 74.2 Å². The first kappa shape index (κ1) is 13.2. The summed E-state index contributed by atoms with van der Waals surface area (Å²) in [5.41, 5.74) is 8.80. The number of nitrogens with zero attached hydrogens (tertiary/aromatic N) is 2. The largest absolute Gasteiger partial charge is 0.493 e. The van der Waals surface area contributed by atoms with Crippen molar-refractivity contribution in [3.8, 4) is 28.3 Å². The Balaban J connectivity index is 2.17.